The SMILES string of the molecule is Cn1c(N)nc(=O)c(N=O)c1N. The first-order valence-corrected chi connectivity index (χ1v) is 3.03. The van der Waals surface area contributed by atoms with Crippen LogP contribution in [0.1, 0.15) is 0 Å². The van der Waals surface area contributed by atoms with E-state index in [4.69, 9.17) is 11.5 Å². The lowest BCUT2D eigenvalue weighted by Gasteiger charge is -2.05. The maximum Gasteiger partial charge on any atom is 0.306 e. The fourth-order valence-electron chi connectivity index (χ4n) is 0.710. The van der Waals surface area contributed by atoms with E-state index in [0.29, 0.717) is 0 Å². The molecule has 0 saturated carbocycles. The Labute approximate surface area is 67.0 Å². The number of nitroso groups, excluding NO2 is 1. The number of nitrogens with zero attached hydrogens (tertiary/aromatic N) is 3. The predicted molar refractivity (Wildman–Crippen MR) is 43.8 cm³/mol. The maximum atomic E-state index is 10.9. The molecule has 1 rings (SSSR count). The van der Waals surface area contributed by atoms with Crippen molar-refractivity contribution in [3.05, 3.63) is 15.3 Å². The van der Waals surface area contributed by atoms with Crippen LogP contribution in [0.5, 0.6) is 0 Å². The van der Waals surface area contributed by atoms with E-state index in [0.717, 1.165) is 0 Å². The second-order valence-corrected chi connectivity index (χ2v) is 2.16. The fraction of sp³-hybridized carbons (Fsp3) is 0.200. The molecular formula is C5H7N5O2. The lowest BCUT2D eigenvalue weighted by Crippen LogP contribution is -2.18. The van der Waals surface area contributed by atoms with Crippen LogP contribution in [0.3, 0.4) is 0 Å². The van der Waals surface area contributed by atoms with E-state index in [2.05, 4.69) is 10.2 Å². The number of anilines is 2. The highest BCUT2D eigenvalue weighted by molar-refractivity contribution is 5.58. The van der Waals surface area contributed by atoms with Crippen LogP contribution in [0, 0.1) is 4.91 Å². The van der Waals surface area contributed by atoms with Gasteiger partial charge in [-0.15, -0.1) is 4.91 Å². The minimum Gasteiger partial charge on any atom is -0.383 e. The lowest BCUT2D eigenvalue weighted by atomic mass is 10.5. The Morgan fingerprint density at radius 1 is 1.50 bits per heavy atom. The summed E-state index contributed by atoms with van der Waals surface area (Å²) < 4.78 is 1.21. The van der Waals surface area contributed by atoms with E-state index >= 15 is 0 Å². The molecular weight excluding hydrogens is 162 g/mol. The summed E-state index contributed by atoms with van der Waals surface area (Å²) in [6.45, 7) is 0. The van der Waals surface area contributed by atoms with Crippen molar-refractivity contribution in [3.63, 3.8) is 0 Å². The summed E-state index contributed by atoms with van der Waals surface area (Å²) in [6.07, 6.45) is 0. The smallest absolute Gasteiger partial charge is 0.306 e. The number of rotatable bonds is 1. The quantitative estimate of drug-likeness (QED) is 0.541. The van der Waals surface area contributed by atoms with Gasteiger partial charge in [0.05, 0.1) is 0 Å². The molecule has 7 nitrogen and oxygen atoms in total. The van der Waals surface area contributed by atoms with Gasteiger partial charge in [-0.25, -0.2) is 0 Å². The van der Waals surface area contributed by atoms with Crippen molar-refractivity contribution in [3.8, 4) is 0 Å². The van der Waals surface area contributed by atoms with Gasteiger partial charge in [0.1, 0.15) is 5.82 Å². The third-order valence-corrected chi connectivity index (χ3v) is 1.46. The zero-order chi connectivity index (χ0) is 9.30. The van der Waals surface area contributed by atoms with E-state index in [1.807, 2.05) is 0 Å². The van der Waals surface area contributed by atoms with Gasteiger partial charge >= 0.3 is 5.56 Å². The Balaban J connectivity index is 3.62. The van der Waals surface area contributed by atoms with Crippen molar-refractivity contribution in [1.29, 1.82) is 0 Å². The monoisotopic (exact) mass is 169 g/mol. The van der Waals surface area contributed by atoms with Gasteiger partial charge in [0.15, 0.2) is 0 Å². The Morgan fingerprint density at radius 2 is 2.08 bits per heavy atom. The molecule has 1 heterocycles. The fourth-order valence-corrected chi connectivity index (χ4v) is 0.710. The topological polar surface area (TPSA) is 116 Å². The van der Waals surface area contributed by atoms with Crippen molar-refractivity contribution < 1.29 is 0 Å². The van der Waals surface area contributed by atoms with Gasteiger partial charge in [-0.3, -0.25) is 9.36 Å². The largest absolute Gasteiger partial charge is 0.383 e. The Morgan fingerprint density at radius 3 is 2.58 bits per heavy atom. The molecule has 0 bridgehead atoms. The predicted octanol–water partition coefficient (Wildman–Crippen LogP) is -0.657. The molecule has 0 aliphatic heterocycles. The second-order valence-electron chi connectivity index (χ2n) is 2.16. The molecule has 0 aliphatic carbocycles. The van der Waals surface area contributed by atoms with Crippen molar-refractivity contribution in [2.45, 2.75) is 0 Å². The zero-order valence-electron chi connectivity index (χ0n) is 6.31. The summed E-state index contributed by atoms with van der Waals surface area (Å²) in [4.78, 5) is 24.3. The number of hydrogen-bond donors (Lipinski definition) is 2. The van der Waals surface area contributed by atoms with Crippen LogP contribution >= 0.6 is 0 Å². The summed E-state index contributed by atoms with van der Waals surface area (Å²) in [5, 5.41) is 2.45. The molecule has 7 heteroatoms. The first-order valence-electron chi connectivity index (χ1n) is 3.03. The Kier molecular flexibility index (Phi) is 1.78. The highest BCUT2D eigenvalue weighted by atomic mass is 16.3. The third kappa shape index (κ3) is 1.00. The molecule has 4 N–H and O–H groups in total. The summed E-state index contributed by atoms with van der Waals surface area (Å²) in [5.41, 5.74) is 9.40. The number of hydrogen-bond acceptors (Lipinski definition) is 6. The molecule has 0 radical (unpaired) electrons. The molecule has 0 spiro atoms. The molecule has 0 atom stereocenters. The van der Waals surface area contributed by atoms with Crippen LogP contribution in [0.4, 0.5) is 17.5 Å². The first-order chi connectivity index (χ1) is 5.57. The molecule has 0 amide bonds. The Bertz CT molecular complexity index is 382. The van der Waals surface area contributed by atoms with Crippen LogP contribution in [-0.4, -0.2) is 9.55 Å². The Hall–Kier alpha value is -1.92. The molecule has 0 fully saturated rings. The molecule has 0 saturated heterocycles. The highest BCUT2D eigenvalue weighted by Crippen LogP contribution is 2.15. The van der Waals surface area contributed by atoms with Crippen molar-refractivity contribution in [2.75, 3.05) is 11.5 Å². The van der Waals surface area contributed by atoms with Crippen molar-refractivity contribution in [2.24, 2.45) is 12.2 Å². The van der Waals surface area contributed by atoms with E-state index < -0.39 is 11.2 Å². The minimum absolute atomic E-state index is 0.0510. The van der Waals surface area contributed by atoms with Crippen LogP contribution < -0.4 is 17.0 Å². The first kappa shape index (κ1) is 8.18. The summed E-state index contributed by atoms with van der Waals surface area (Å²) in [7, 11) is 1.48. The normalized spacial score (nSPS) is 9.75. The van der Waals surface area contributed by atoms with Crippen LogP contribution in [0.25, 0.3) is 0 Å². The lowest BCUT2D eigenvalue weighted by molar-refractivity contribution is 0.887. The molecule has 0 aromatic carbocycles. The van der Waals surface area contributed by atoms with Crippen LogP contribution in [0.2, 0.25) is 0 Å². The molecule has 1 aromatic heterocycles. The van der Waals surface area contributed by atoms with Gasteiger partial charge in [0.25, 0.3) is 0 Å². The van der Waals surface area contributed by atoms with Gasteiger partial charge in [0, 0.05) is 7.05 Å². The van der Waals surface area contributed by atoms with Crippen molar-refractivity contribution in [1.82, 2.24) is 9.55 Å². The van der Waals surface area contributed by atoms with E-state index in [1.165, 1.54) is 11.6 Å². The summed E-state index contributed by atoms with van der Waals surface area (Å²) >= 11 is 0. The van der Waals surface area contributed by atoms with Crippen molar-refractivity contribution >= 4 is 17.5 Å². The second kappa shape index (κ2) is 2.61. The molecule has 64 valence electrons. The average Bonchev–Trinajstić information content (AvgIpc) is 2.01. The molecule has 12 heavy (non-hydrogen) atoms. The van der Waals surface area contributed by atoms with E-state index in [-0.39, 0.29) is 11.8 Å². The van der Waals surface area contributed by atoms with Gasteiger partial charge in [-0.1, -0.05) is 0 Å². The zero-order valence-corrected chi connectivity index (χ0v) is 6.31. The highest BCUT2D eigenvalue weighted by Gasteiger charge is 2.10. The van der Waals surface area contributed by atoms with Crippen LogP contribution in [0.15, 0.2) is 9.97 Å². The maximum absolute atomic E-state index is 10.9. The van der Waals surface area contributed by atoms with Crippen LogP contribution in [-0.2, 0) is 7.05 Å². The number of nitrogen functional groups attached to an aromatic ring is 2. The molecule has 1 aromatic rings. The van der Waals surface area contributed by atoms with E-state index in [9.17, 15) is 9.70 Å². The van der Waals surface area contributed by atoms with Gasteiger partial charge in [-0.05, 0) is 5.18 Å². The third-order valence-electron chi connectivity index (χ3n) is 1.46. The number of aromatic nitrogens is 2. The number of nitrogens with two attached hydrogens (primary N) is 2. The average molecular weight is 169 g/mol. The minimum atomic E-state index is -0.807. The molecule has 0 aliphatic rings. The van der Waals surface area contributed by atoms with Gasteiger partial charge < -0.3 is 11.5 Å². The summed E-state index contributed by atoms with van der Waals surface area (Å²) in [5.74, 6) is -0.132. The van der Waals surface area contributed by atoms with Gasteiger partial charge in [-0.2, -0.15) is 4.98 Å². The van der Waals surface area contributed by atoms with Gasteiger partial charge in [0.2, 0.25) is 11.6 Å². The van der Waals surface area contributed by atoms with E-state index in [1.54, 1.807) is 0 Å². The molecule has 0 unspecified atom stereocenters. The standard InChI is InChI=1S/C5H7N5O2/c1-10-3(6)2(9-12)4(11)8-5(10)7/h6H2,1H3,(H2,7,8,11). The summed E-state index contributed by atoms with van der Waals surface area (Å²) in [6, 6.07) is 0.